The number of rotatable bonds is 5. The number of thiophene rings is 1. The maximum absolute atomic E-state index is 4.26. The Morgan fingerprint density at radius 1 is 1.53 bits per heavy atom. The molecule has 15 heavy (non-hydrogen) atoms. The largest absolute Gasteiger partial charge is 0.378 e. The van der Waals surface area contributed by atoms with E-state index in [2.05, 4.69) is 40.4 Å². The minimum Gasteiger partial charge on any atom is -0.378 e. The van der Waals surface area contributed by atoms with Crippen LogP contribution in [-0.4, -0.2) is 9.78 Å². The van der Waals surface area contributed by atoms with E-state index in [9.17, 15) is 0 Å². The molecule has 4 heteroatoms. The molecule has 80 valence electrons. The van der Waals surface area contributed by atoms with E-state index >= 15 is 0 Å². The molecule has 0 radical (unpaired) electrons. The van der Waals surface area contributed by atoms with Gasteiger partial charge in [0.1, 0.15) is 0 Å². The predicted molar refractivity (Wildman–Crippen MR) is 64.2 cm³/mol. The van der Waals surface area contributed by atoms with Crippen molar-refractivity contribution < 1.29 is 0 Å². The fraction of sp³-hybridized carbons (Fsp3) is 0.364. The summed E-state index contributed by atoms with van der Waals surface area (Å²) < 4.78 is 1.97. The van der Waals surface area contributed by atoms with Crippen molar-refractivity contribution in [3.63, 3.8) is 0 Å². The molecule has 0 spiro atoms. The first kappa shape index (κ1) is 10.2. The van der Waals surface area contributed by atoms with Crippen LogP contribution >= 0.6 is 11.3 Å². The van der Waals surface area contributed by atoms with Crippen molar-refractivity contribution in [3.8, 4) is 0 Å². The van der Waals surface area contributed by atoms with Gasteiger partial charge in [0.05, 0.1) is 11.9 Å². The van der Waals surface area contributed by atoms with E-state index in [0.29, 0.717) is 0 Å². The third kappa shape index (κ3) is 2.83. The normalized spacial score (nSPS) is 10.5. The molecule has 0 saturated heterocycles. The molecule has 2 rings (SSSR count). The number of hydrogen-bond acceptors (Lipinski definition) is 3. The summed E-state index contributed by atoms with van der Waals surface area (Å²) in [4.78, 5) is 0. The molecule has 0 amide bonds. The highest BCUT2D eigenvalue weighted by Gasteiger charge is 1.97. The molecule has 0 bridgehead atoms. The number of nitrogens with one attached hydrogen (secondary N) is 1. The van der Waals surface area contributed by atoms with Crippen LogP contribution in [0.5, 0.6) is 0 Å². The summed E-state index contributed by atoms with van der Waals surface area (Å²) in [5, 5.41) is 11.9. The summed E-state index contributed by atoms with van der Waals surface area (Å²) in [6, 6.07) is 2.13. The van der Waals surface area contributed by atoms with Crippen molar-refractivity contribution in [1.29, 1.82) is 0 Å². The molecule has 0 fully saturated rings. The van der Waals surface area contributed by atoms with E-state index in [1.807, 2.05) is 10.9 Å². The third-order valence-corrected chi connectivity index (χ3v) is 2.89. The van der Waals surface area contributed by atoms with E-state index in [-0.39, 0.29) is 0 Å². The third-order valence-electron chi connectivity index (χ3n) is 2.16. The lowest BCUT2D eigenvalue weighted by Crippen LogP contribution is -1.98. The van der Waals surface area contributed by atoms with E-state index in [1.54, 1.807) is 11.3 Å². The summed E-state index contributed by atoms with van der Waals surface area (Å²) in [6.45, 7) is 4.02. The average Bonchev–Trinajstić information content (AvgIpc) is 2.85. The van der Waals surface area contributed by atoms with Crippen molar-refractivity contribution in [2.45, 2.75) is 26.4 Å². The molecule has 0 aliphatic rings. The number of aromatic nitrogens is 2. The Labute approximate surface area is 93.7 Å². The molecule has 1 N–H and O–H groups in total. The number of nitrogens with zero attached hydrogens (tertiary/aromatic N) is 2. The van der Waals surface area contributed by atoms with Gasteiger partial charge in [-0.3, -0.25) is 4.68 Å². The second-order valence-corrected chi connectivity index (χ2v) is 4.26. The Morgan fingerprint density at radius 2 is 2.47 bits per heavy atom. The Bertz CT molecular complexity index is 392. The van der Waals surface area contributed by atoms with Crippen LogP contribution in [0.15, 0.2) is 29.2 Å². The van der Waals surface area contributed by atoms with E-state index in [0.717, 1.165) is 25.2 Å². The van der Waals surface area contributed by atoms with Crippen molar-refractivity contribution in [1.82, 2.24) is 9.78 Å². The van der Waals surface area contributed by atoms with Gasteiger partial charge in [-0.25, -0.2) is 0 Å². The summed E-state index contributed by atoms with van der Waals surface area (Å²) in [5.74, 6) is 0. The van der Waals surface area contributed by atoms with Crippen LogP contribution < -0.4 is 5.32 Å². The zero-order valence-electron chi connectivity index (χ0n) is 8.81. The van der Waals surface area contributed by atoms with Crippen LogP contribution in [0.25, 0.3) is 0 Å². The molecule has 0 unspecified atom stereocenters. The maximum atomic E-state index is 4.26. The first-order valence-corrected chi connectivity index (χ1v) is 6.10. The number of aryl methyl sites for hydroxylation is 1. The standard InChI is InChI=1S/C11H15N3S/c1-2-4-14-8-11(7-13-14)12-6-10-3-5-15-9-10/h3,5,7-9,12H,2,4,6H2,1H3. The van der Waals surface area contributed by atoms with Crippen LogP contribution in [0.3, 0.4) is 0 Å². The summed E-state index contributed by atoms with van der Waals surface area (Å²) in [7, 11) is 0. The highest BCUT2D eigenvalue weighted by atomic mass is 32.1. The van der Waals surface area contributed by atoms with E-state index < -0.39 is 0 Å². The first-order valence-electron chi connectivity index (χ1n) is 5.16. The zero-order valence-corrected chi connectivity index (χ0v) is 9.63. The smallest absolute Gasteiger partial charge is 0.0729 e. The van der Waals surface area contributed by atoms with Gasteiger partial charge in [0.15, 0.2) is 0 Å². The van der Waals surface area contributed by atoms with Crippen molar-refractivity contribution in [2.24, 2.45) is 0 Å². The fourth-order valence-corrected chi connectivity index (χ4v) is 2.07. The van der Waals surface area contributed by atoms with Crippen LogP contribution in [0.1, 0.15) is 18.9 Å². The van der Waals surface area contributed by atoms with Crippen molar-refractivity contribution >= 4 is 17.0 Å². The molecule has 3 nitrogen and oxygen atoms in total. The minimum absolute atomic E-state index is 0.876. The first-order chi connectivity index (χ1) is 7.38. The summed E-state index contributed by atoms with van der Waals surface area (Å²) in [6.07, 6.45) is 5.05. The van der Waals surface area contributed by atoms with E-state index in [1.165, 1.54) is 5.56 Å². The molecule has 0 saturated carbocycles. The summed E-state index contributed by atoms with van der Waals surface area (Å²) in [5.41, 5.74) is 2.41. The number of anilines is 1. The van der Waals surface area contributed by atoms with Crippen molar-refractivity contribution in [2.75, 3.05) is 5.32 Å². The highest BCUT2D eigenvalue weighted by Crippen LogP contribution is 2.10. The Morgan fingerprint density at radius 3 is 3.20 bits per heavy atom. The monoisotopic (exact) mass is 221 g/mol. The quantitative estimate of drug-likeness (QED) is 0.841. The van der Waals surface area contributed by atoms with Gasteiger partial charge in [-0.2, -0.15) is 16.4 Å². The molecule has 2 aromatic heterocycles. The average molecular weight is 221 g/mol. The second-order valence-electron chi connectivity index (χ2n) is 3.48. The molecule has 0 aliphatic carbocycles. The lowest BCUT2D eigenvalue weighted by atomic mass is 10.3. The molecule has 2 heterocycles. The number of hydrogen-bond donors (Lipinski definition) is 1. The second kappa shape index (κ2) is 4.98. The molecule has 2 aromatic rings. The van der Waals surface area contributed by atoms with Gasteiger partial charge in [-0.1, -0.05) is 6.92 Å². The van der Waals surface area contributed by atoms with Gasteiger partial charge in [-0.15, -0.1) is 0 Å². The SMILES string of the molecule is CCCn1cc(NCc2ccsc2)cn1. The minimum atomic E-state index is 0.876. The van der Waals surface area contributed by atoms with Gasteiger partial charge in [0.2, 0.25) is 0 Å². The van der Waals surface area contributed by atoms with Gasteiger partial charge in [0.25, 0.3) is 0 Å². The van der Waals surface area contributed by atoms with Crippen LogP contribution in [-0.2, 0) is 13.1 Å². The molecular formula is C11H15N3S. The van der Waals surface area contributed by atoms with Crippen molar-refractivity contribution in [3.05, 3.63) is 34.8 Å². The topological polar surface area (TPSA) is 29.9 Å². The van der Waals surface area contributed by atoms with Crippen LogP contribution in [0.4, 0.5) is 5.69 Å². The lowest BCUT2D eigenvalue weighted by Gasteiger charge is -2.00. The summed E-state index contributed by atoms with van der Waals surface area (Å²) >= 11 is 1.73. The molecule has 0 aromatic carbocycles. The zero-order chi connectivity index (χ0) is 10.5. The maximum Gasteiger partial charge on any atom is 0.0729 e. The van der Waals surface area contributed by atoms with Crippen LogP contribution in [0, 0.1) is 0 Å². The van der Waals surface area contributed by atoms with Gasteiger partial charge in [0, 0.05) is 19.3 Å². The Balaban J connectivity index is 1.88. The van der Waals surface area contributed by atoms with Gasteiger partial charge < -0.3 is 5.32 Å². The van der Waals surface area contributed by atoms with Gasteiger partial charge in [-0.05, 0) is 28.8 Å². The Kier molecular flexibility index (Phi) is 3.40. The predicted octanol–water partition coefficient (Wildman–Crippen LogP) is 2.97. The highest BCUT2D eigenvalue weighted by molar-refractivity contribution is 7.07. The van der Waals surface area contributed by atoms with Gasteiger partial charge >= 0.3 is 0 Å². The Hall–Kier alpha value is -1.29. The molecule has 0 atom stereocenters. The lowest BCUT2D eigenvalue weighted by molar-refractivity contribution is 0.603. The fourth-order valence-electron chi connectivity index (χ4n) is 1.40. The molecule has 0 aliphatic heterocycles. The molecular weight excluding hydrogens is 206 g/mol. The van der Waals surface area contributed by atoms with Crippen LogP contribution in [0.2, 0.25) is 0 Å². The van der Waals surface area contributed by atoms with E-state index in [4.69, 9.17) is 0 Å².